The first-order valence-corrected chi connectivity index (χ1v) is 8.66. The maximum absolute atomic E-state index is 5.37. The largest absolute Gasteiger partial charge is 0.493 e. The van der Waals surface area contributed by atoms with Crippen LogP contribution in [0.3, 0.4) is 0 Å². The molecule has 0 heterocycles. The molecule has 1 atom stereocenters. The molecule has 0 radical (unpaired) electrons. The van der Waals surface area contributed by atoms with Crippen LogP contribution in [0.15, 0.2) is 40.9 Å². The topological polar surface area (TPSA) is 18.5 Å². The number of hydrogen-bond acceptors (Lipinski definition) is 2. The highest BCUT2D eigenvalue weighted by molar-refractivity contribution is 14.1. The van der Waals surface area contributed by atoms with E-state index >= 15 is 0 Å². The van der Waals surface area contributed by atoms with Gasteiger partial charge >= 0.3 is 0 Å². The van der Waals surface area contributed by atoms with Crippen molar-refractivity contribution in [2.24, 2.45) is 0 Å². The van der Waals surface area contributed by atoms with Gasteiger partial charge in [0.1, 0.15) is 0 Å². The molecule has 20 heavy (non-hydrogen) atoms. The van der Waals surface area contributed by atoms with Crippen LogP contribution in [0.25, 0.3) is 0 Å². The van der Waals surface area contributed by atoms with E-state index in [1.54, 1.807) is 14.2 Å². The third-order valence-electron chi connectivity index (χ3n) is 2.92. The van der Waals surface area contributed by atoms with Gasteiger partial charge in [0.2, 0.25) is 0 Å². The zero-order chi connectivity index (χ0) is 14.7. The maximum atomic E-state index is 5.37. The number of rotatable bonds is 4. The molecule has 2 aromatic carbocycles. The highest BCUT2D eigenvalue weighted by Gasteiger charge is 2.17. The molecule has 0 spiro atoms. The lowest BCUT2D eigenvalue weighted by molar-refractivity contribution is 0.354. The van der Waals surface area contributed by atoms with Crippen molar-refractivity contribution < 1.29 is 9.47 Å². The van der Waals surface area contributed by atoms with Gasteiger partial charge < -0.3 is 9.47 Å². The molecule has 0 aliphatic heterocycles. The summed E-state index contributed by atoms with van der Waals surface area (Å²) in [5.74, 6) is 1.44. The normalized spacial score (nSPS) is 12.1. The maximum Gasteiger partial charge on any atom is 0.161 e. The lowest BCUT2D eigenvalue weighted by atomic mass is 10.0. The fraction of sp³-hybridized carbons (Fsp3) is 0.200. The van der Waals surface area contributed by atoms with Crippen LogP contribution in [-0.4, -0.2) is 14.2 Å². The molecule has 0 aliphatic rings. The Kier molecular flexibility index (Phi) is 5.74. The van der Waals surface area contributed by atoms with Crippen molar-refractivity contribution in [2.45, 2.75) is 4.83 Å². The summed E-state index contributed by atoms with van der Waals surface area (Å²) in [5, 5.41) is 0. The van der Waals surface area contributed by atoms with E-state index in [0.717, 1.165) is 15.8 Å². The summed E-state index contributed by atoms with van der Waals surface area (Å²) in [6, 6.07) is 12.3. The van der Waals surface area contributed by atoms with Crippen molar-refractivity contribution in [2.75, 3.05) is 14.2 Å². The molecule has 5 heteroatoms. The van der Waals surface area contributed by atoms with Crippen molar-refractivity contribution in [1.29, 1.82) is 0 Å². The molecule has 0 aliphatic carbocycles. The minimum atomic E-state index is 0.0893. The molecule has 106 valence electrons. The average molecular weight is 512 g/mol. The van der Waals surface area contributed by atoms with Crippen LogP contribution < -0.4 is 9.47 Å². The van der Waals surface area contributed by atoms with Gasteiger partial charge in [0, 0.05) is 8.04 Å². The standard InChI is InChI=1S/C15H13Br2IO2/c1-19-13-7-11(12(16)8-14(13)20-2)15(17)9-4-3-5-10(18)6-9/h3-8,15H,1-2H3. The number of benzene rings is 2. The van der Waals surface area contributed by atoms with Crippen molar-refractivity contribution in [3.63, 3.8) is 0 Å². The summed E-state index contributed by atoms with van der Waals surface area (Å²) in [4.78, 5) is 0.0893. The zero-order valence-electron chi connectivity index (χ0n) is 11.0. The average Bonchev–Trinajstić information content (AvgIpc) is 2.46. The Labute approximate surface area is 149 Å². The summed E-state index contributed by atoms with van der Waals surface area (Å²) in [6.07, 6.45) is 0. The third-order valence-corrected chi connectivity index (χ3v) is 5.30. The third kappa shape index (κ3) is 3.49. The molecular weight excluding hydrogens is 499 g/mol. The molecule has 2 rings (SSSR count). The zero-order valence-corrected chi connectivity index (χ0v) is 16.3. The second-order valence-electron chi connectivity index (χ2n) is 4.15. The smallest absolute Gasteiger partial charge is 0.161 e. The lowest BCUT2D eigenvalue weighted by Gasteiger charge is -2.16. The Hall–Kier alpha value is -0.270. The van der Waals surface area contributed by atoms with Gasteiger partial charge in [-0.3, -0.25) is 0 Å². The van der Waals surface area contributed by atoms with E-state index in [-0.39, 0.29) is 4.83 Å². The van der Waals surface area contributed by atoms with Crippen molar-refractivity contribution >= 4 is 54.5 Å². The SMILES string of the molecule is COc1cc(Br)c(C(Br)c2cccc(I)c2)cc1OC. The Morgan fingerprint density at radius 3 is 2.30 bits per heavy atom. The summed E-state index contributed by atoms with van der Waals surface area (Å²) in [5.41, 5.74) is 2.30. The number of alkyl halides is 1. The first-order chi connectivity index (χ1) is 9.56. The number of ether oxygens (including phenoxy) is 2. The van der Waals surface area contributed by atoms with Crippen LogP contribution in [0, 0.1) is 3.57 Å². The summed E-state index contributed by atoms with van der Waals surface area (Å²) in [7, 11) is 3.28. The minimum Gasteiger partial charge on any atom is -0.493 e. The first-order valence-electron chi connectivity index (χ1n) is 5.87. The molecule has 1 unspecified atom stereocenters. The Morgan fingerprint density at radius 2 is 1.70 bits per heavy atom. The van der Waals surface area contributed by atoms with Gasteiger partial charge in [0.25, 0.3) is 0 Å². The summed E-state index contributed by atoms with van der Waals surface area (Å²) < 4.78 is 12.9. The predicted molar refractivity (Wildman–Crippen MR) is 97.2 cm³/mol. The quantitative estimate of drug-likeness (QED) is 0.395. The molecule has 2 aromatic rings. The minimum absolute atomic E-state index is 0.0893. The molecular formula is C15H13Br2IO2. The molecule has 0 amide bonds. The van der Waals surface area contributed by atoms with Gasteiger partial charge in [0.05, 0.1) is 19.0 Å². The van der Waals surface area contributed by atoms with Crippen LogP contribution >= 0.6 is 54.5 Å². The van der Waals surface area contributed by atoms with Gasteiger partial charge in [-0.25, -0.2) is 0 Å². The van der Waals surface area contributed by atoms with Crippen molar-refractivity contribution in [3.8, 4) is 11.5 Å². The fourth-order valence-electron chi connectivity index (χ4n) is 1.91. The van der Waals surface area contributed by atoms with Crippen LogP contribution in [0.5, 0.6) is 11.5 Å². The van der Waals surface area contributed by atoms with E-state index in [1.165, 1.54) is 9.13 Å². The summed E-state index contributed by atoms with van der Waals surface area (Å²) in [6.45, 7) is 0. The predicted octanol–water partition coefficient (Wildman–Crippen LogP) is 5.56. The number of methoxy groups -OCH3 is 2. The van der Waals surface area contributed by atoms with Gasteiger partial charge in [-0.2, -0.15) is 0 Å². The summed E-state index contributed by atoms with van der Waals surface area (Å²) >= 11 is 9.67. The van der Waals surface area contributed by atoms with Crippen molar-refractivity contribution in [3.05, 3.63) is 55.6 Å². The van der Waals surface area contributed by atoms with Gasteiger partial charge in [-0.05, 0) is 58.0 Å². The number of halogens is 3. The Morgan fingerprint density at radius 1 is 1.05 bits per heavy atom. The van der Waals surface area contributed by atoms with Gasteiger partial charge in [0.15, 0.2) is 11.5 Å². The highest BCUT2D eigenvalue weighted by Crippen LogP contribution is 2.41. The molecule has 2 nitrogen and oxygen atoms in total. The Balaban J connectivity index is 2.46. The van der Waals surface area contributed by atoms with E-state index in [2.05, 4.69) is 78.7 Å². The first kappa shape index (κ1) is 16.1. The van der Waals surface area contributed by atoms with Crippen molar-refractivity contribution in [1.82, 2.24) is 0 Å². The fourth-order valence-corrected chi connectivity index (χ4v) is 4.00. The molecule has 0 bridgehead atoms. The van der Waals surface area contributed by atoms with Gasteiger partial charge in [-0.1, -0.05) is 44.0 Å². The van der Waals surface area contributed by atoms with E-state index in [1.807, 2.05) is 12.1 Å². The highest BCUT2D eigenvalue weighted by atomic mass is 127. The van der Waals surface area contributed by atoms with Crippen LogP contribution in [0.4, 0.5) is 0 Å². The molecule has 0 saturated heterocycles. The number of hydrogen-bond donors (Lipinski definition) is 0. The van der Waals surface area contributed by atoms with E-state index < -0.39 is 0 Å². The van der Waals surface area contributed by atoms with E-state index in [9.17, 15) is 0 Å². The van der Waals surface area contributed by atoms with E-state index in [4.69, 9.17) is 9.47 Å². The molecule has 0 aromatic heterocycles. The molecule has 0 N–H and O–H groups in total. The second-order valence-corrected chi connectivity index (χ2v) is 7.16. The molecule has 0 saturated carbocycles. The second kappa shape index (κ2) is 7.13. The van der Waals surface area contributed by atoms with E-state index in [0.29, 0.717) is 5.75 Å². The Bertz CT molecular complexity index is 617. The lowest BCUT2D eigenvalue weighted by Crippen LogP contribution is -1.98. The van der Waals surface area contributed by atoms with Gasteiger partial charge in [-0.15, -0.1) is 0 Å². The molecule has 0 fully saturated rings. The van der Waals surface area contributed by atoms with Crippen LogP contribution in [0.1, 0.15) is 16.0 Å². The monoisotopic (exact) mass is 510 g/mol. The van der Waals surface area contributed by atoms with Crippen LogP contribution in [-0.2, 0) is 0 Å². The van der Waals surface area contributed by atoms with Crippen LogP contribution in [0.2, 0.25) is 0 Å².